The summed E-state index contributed by atoms with van der Waals surface area (Å²) in [7, 11) is 0. The molecule has 6 nitrogen and oxygen atoms in total. The summed E-state index contributed by atoms with van der Waals surface area (Å²) in [6.07, 6.45) is 0.918. The van der Waals surface area contributed by atoms with E-state index in [1.54, 1.807) is 30.3 Å². The normalized spacial score (nSPS) is 24.2. The van der Waals surface area contributed by atoms with Crippen LogP contribution in [0.1, 0.15) is 44.7 Å². The second kappa shape index (κ2) is 9.91. The van der Waals surface area contributed by atoms with Gasteiger partial charge in [0.1, 0.15) is 6.54 Å². The van der Waals surface area contributed by atoms with Gasteiger partial charge in [0, 0.05) is 15.2 Å². The molecule has 1 aliphatic heterocycles. The summed E-state index contributed by atoms with van der Waals surface area (Å²) in [4.78, 5) is 53.7. The number of carbonyl (C=O) groups is 4. The number of rotatable bonds is 5. The van der Waals surface area contributed by atoms with E-state index in [9.17, 15) is 19.2 Å². The molecule has 9 heteroatoms. The number of alkyl halides is 2. The predicted molar refractivity (Wildman–Crippen MR) is 136 cm³/mol. The van der Waals surface area contributed by atoms with Crippen molar-refractivity contribution >= 4 is 67.0 Å². The molecule has 0 unspecified atom stereocenters. The molecule has 178 valence electrons. The summed E-state index contributed by atoms with van der Waals surface area (Å²) in [5.41, 5.74) is 2.48. The Balaban J connectivity index is 1.72. The summed E-state index contributed by atoms with van der Waals surface area (Å²) < 4.78 is 0. The largest absolute Gasteiger partial charge is 0.292 e. The maximum atomic E-state index is 13.6. The highest BCUT2D eigenvalue weighted by Gasteiger charge is 2.54. The topological polar surface area (TPSA) is 74.8 Å². The monoisotopic (exact) mass is 608 g/mol. The first-order valence-electron chi connectivity index (χ1n) is 10.9. The van der Waals surface area contributed by atoms with E-state index in [4.69, 9.17) is 11.6 Å². The number of hydrogen-bond donors (Lipinski definition) is 0. The van der Waals surface area contributed by atoms with Gasteiger partial charge in [-0.3, -0.25) is 19.2 Å². The molecule has 3 amide bonds. The van der Waals surface area contributed by atoms with E-state index < -0.39 is 36.1 Å². The van der Waals surface area contributed by atoms with Gasteiger partial charge in [0.25, 0.3) is 17.7 Å². The number of aryl methyl sites for hydroxylation is 2. The first kappa shape index (κ1) is 25.1. The molecule has 2 aromatic rings. The molecule has 0 bridgehead atoms. The number of benzene rings is 2. The zero-order valence-corrected chi connectivity index (χ0v) is 22.6. The van der Waals surface area contributed by atoms with Crippen LogP contribution in [0, 0.1) is 25.7 Å². The van der Waals surface area contributed by atoms with Crippen molar-refractivity contribution in [3.63, 3.8) is 0 Å². The van der Waals surface area contributed by atoms with Gasteiger partial charge in [-0.15, -0.1) is 0 Å². The SMILES string of the molecule is Cc1ccc(C(=O)CN(C(=O)c2ccccc2Cl)N2C(=O)[C@H]3C[C@H](Br)[C@@H](Br)C[C@H]3C2=O)cc1C. The van der Waals surface area contributed by atoms with Crippen LogP contribution in [0.25, 0.3) is 0 Å². The molecule has 1 saturated carbocycles. The van der Waals surface area contributed by atoms with Crippen LogP contribution < -0.4 is 0 Å². The minimum atomic E-state index is -0.672. The third kappa shape index (κ3) is 4.60. The molecule has 4 atom stereocenters. The molecule has 2 fully saturated rings. The fourth-order valence-electron chi connectivity index (χ4n) is 4.46. The molecule has 0 spiro atoms. The van der Waals surface area contributed by atoms with Crippen molar-refractivity contribution in [2.75, 3.05) is 6.54 Å². The highest BCUT2D eigenvalue weighted by Crippen LogP contribution is 2.43. The Labute approximate surface area is 219 Å². The van der Waals surface area contributed by atoms with Crippen molar-refractivity contribution in [3.8, 4) is 0 Å². The van der Waals surface area contributed by atoms with Crippen molar-refractivity contribution in [3.05, 3.63) is 69.7 Å². The molecule has 0 N–H and O–H groups in total. The Morgan fingerprint density at radius 2 is 1.56 bits per heavy atom. The van der Waals surface area contributed by atoms with Crippen LogP contribution in [0.4, 0.5) is 0 Å². The number of hydrazine groups is 1. The van der Waals surface area contributed by atoms with E-state index in [0.29, 0.717) is 18.4 Å². The first-order valence-corrected chi connectivity index (χ1v) is 13.1. The smallest absolute Gasteiger partial charge is 0.274 e. The van der Waals surface area contributed by atoms with Crippen molar-refractivity contribution in [2.45, 2.75) is 36.3 Å². The van der Waals surface area contributed by atoms with E-state index >= 15 is 0 Å². The molecule has 2 aromatic carbocycles. The lowest BCUT2D eigenvalue weighted by atomic mass is 9.81. The fourth-order valence-corrected chi connectivity index (χ4v) is 5.92. The molecule has 1 aliphatic carbocycles. The number of halogens is 3. The highest BCUT2D eigenvalue weighted by molar-refractivity contribution is 9.12. The van der Waals surface area contributed by atoms with E-state index in [2.05, 4.69) is 31.9 Å². The van der Waals surface area contributed by atoms with Gasteiger partial charge in [0.15, 0.2) is 5.78 Å². The standard InChI is InChI=1S/C25H23Br2ClN2O4/c1-13-7-8-15(9-14(13)2)22(31)12-29(23(32)16-5-3-4-6-21(16)28)30-24(33)17-10-19(26)20(27)11-18(17)25(30)34/h3-9,17-20H,10-12H2,1-2H3/t17-,18+,19-,20-/m0/s1. The Morgan fingerprint density at radius 1 is 0.971 bits per heavy atom. The van der Waals surface area contributed by atoms with Crippen molar-refractivity contribution in [1.29, 1.82) is 0 Å². The average molecular weight is 611 g/mol. The van der Waals surface area contributed by atoms with Crippen LogP contribution in [0.2, 0.25) is 5.02 Å². The molecule has 4 rings (SSSR count). The number of imide groups is 1. The number of ketones is 1. The third-order valence-electron chi connectivity index (χ3n) is 6.59. The van der Waals surface area contributed by atoms with Crippen LogP contribution in [0.15, 0.2) is 42.5 Å². The fraction of sp³-hybridized carbons (Fsp3) is 0.360. The number of amides is 3. The van der Waals surface area contributed by atoms with Gasteiger partial charge >= 0.3 is 0 Å². The molecule has 34 heavy (non-hydrogen) atoms. The Kier molecular flexibility index (Phi) is 7.31. The van der Waals surface area contributed by atoms with Crippen molar-refractivity contribution in [2.24, 2.45) is 11.8 Å². The van der Waals surface area contributed by atoms with Crippen molar-refractivity contribution in [1.82, 2.24) is 10.0 Å². The maximum absolute atomic E-state index is 13.6. The van der Waals surface area contributed by atoms with Crippen LogP contribution in [-0.4, -0.2) is 49.7 Å². The molecule has 0 radical (unpaired) electrons. The zero-order valence-electron chi connectivity index (χ0n) is 18.6. The van der Waals surface area contributed by atoms with Crippen LogP contribution in [0.3, 0.4) is 0 Å². The summed E-state index contributed by atoms with van der Waals surface area (Å²) in [6.45, 7) is 3.37. The summed E-state index contributed by atoms with van der Waals surface area (Å²) in [5, 5.41) is 2.02. The molecule has 1 saturated heterocycles. The second-order valence-corrected chi connectivity index (χ2v) is 11.5. The van der Waals surface area contributed by atoms with Crippen LogP contribution in [0.5, 0.6) is 0 Å². The predicted octanol–water partition coefficient (Wildman–Crippen LogP) is 5.12. The van der Waals surface area contributed by atoms with Crippen LogP contribution in [-0.2, 0) is 9.59 Å². The van der Waals surface area contributed by atoms with Crippen molar-refractivity contribution < 1.29 is 19.2 Å². The van der Waals surface area contributed by atoms with Gasteiger partial charge in [-0.1, -0.05) is 67.7 Å². The Bertz CT molecular complexity index is 1160. The maximum Gasteiger partial charge on any atom is 0.274 e. The van der Waals surface area contributed by atoms with Gasteiger partial charge in [-0.2, -0.15) is 5.01 Å². The lowest BCUT2D eigenvalue weighted by Crippen LogP contribution is -2.52. The zero-order chi connectivity index (χ0) is 24.7. The number of carbonyl (C=O) groups excluding carboxylic acids is 4. The summed E-state index contributed by atoms with van der Waals surface area (Å²) in [5.74, 6) is -3.09. The van der Waals surface area contributed by atoms with Gasteiger partial charge in [-0.25, -0.2) is 5.01 Å². The average Bonchev–Trinajstić information content (AvgIpc) is 3.03. The van der Waals surface area contributed by atoms with Gasteiger partial charge in [0.05, 0.1) is 22.4 Å². The summed E-state index contributed by atoms with van der Waals surface area (Å²) in [6, 6.07) is 11.6. The Hall–Kier alpha value is -2.03. The van der Waals surface area contributed by atoms with E-state index in [1.807, 2.05) is 19.9 Å². The molecule has 2 aliphatic rings. The van der Waals surface area contributed by atoms with Gasteiger partial charge < -0.3 is 0 Å². The quantitative estimate of drug-likeness (QED) is 0.268. The molecule has 0 aromatic heterocycles. The molecule has 1 heterocycles. The summed E-state index contributed by atoms with van der Waals surface area (Å²) >= 11 is 13.4. The number of fused-ring (bicyclic) bond motifs is 1. The first-order chi connectivity index (χ1) is 16.1. The van der Waals surface area contributed by atoms with E-state index in [-0.39, 0.29) is 26.0 Å². The van der Waals surface area contributed by atoms with Gasteiger partial charge in [-0.05, 0) is 56.0 Å². The molecular formula is C25H23Br2ClN2O4. The lowest BCUT2D eigenvalue weighted by molar-refractivity contribution is -0.154. The van der Waals surface area contributed by atoms with Crippen LogP contribution >= 0.6 is 43.5 Å². The number of nitrogens with zero attached hydrogens (tertiary/aromatic N) is 2. The number of hydrogen-bond acceptors (Lipinski definition) is 4. The second-order valence-electron chi connectivity index (χ2n) is 8.77. The minimum Gasteiger partial charge on any atom is -0.292 e. The Morgan fingerprint density at radius 3 is 2.12 bits per heavy atom. The highest BCUT2D eigenvalue weighted by atomic mass is 79.9. The van der Waals surface area contributed by atoms with Gasteiger partial charge in [0.2, 0.25) is 0 Å². The third-order valence-corrected chi connectivity index (χ3v) is 9.65. The van der Waals surface area contributed by atoms with E-state index in [1.165, 1.54) is 6.07 Å². The minimum absolute atomic E-state index is 0.0235. The number of Topliss-reactive ketones (excluding diaryl/α,β-unsaturated/α-hetero) is 1. The lowest BCUT2D eigenvalue weighted by Gasteiger charge is -2.30. The molecular weight excluding hydrogens is 588 g/mol. The van der Waals surface area contributed by atoms with E-state index in [0.717, 1.165) is 21.1 Å².